The van der Waals surface area contributed by atoms with Crippen molar-refractivity contribution in [3.63, 3.8) is 0 Å². The van der Waals surface area contributed by atoms with E-state index in [1.807, 2.05) is 12.1 Å². The first-order chi connectivity index (χ1) is 9.24. The quantitative estimate of drug-likeness (QED) is 0.846. The number of benzene rings is 1. The fraction of sp³-hybridized carbons (Fsp3) is 0.533. The second-order valence-electron chi connectivity index (χ2n) is 4.90. The number of nitrogens with zero attached hydrogens (tertiary/aromatic N) is 1. The molecule has 0 atom stereocenters. The van der Waals surface area contributed by atoms with Crippen molar-refractivity contribution in [1.29, 1.82) is 0 Å². The van der Waals surface area contributed by atoms with Crippen LogP contribution in [0, 0.1) is 0 Å². The van der Waals surface area contributed by atoms with Crippen LogP contribution in [0.5, 0.6) is 0 Å². The standard InChI is InChI=1S/C15H22N2OS.ClH/c1-3-9-17(10-4-2)11-8-12-6-5-7-13-14(12)19-15(18)16-13;/h5-7H,3-4,8-11H2,1-2H3,(H,16,18);1H. The average Bonchev–Trinajstić information content (AvgIpc) is 2.77. The first kappa shape index (κ1) is 17.2. The molecule has 0 saturated heterocycles. The van der Waals surface area contributed by atoms with Crippen molar-refractivity contribution in [2.75, 3.05) is 19.6 Å². The molecule has 1 N–H and O–H groups in total. The van der Waals surface area contributed by atoms with E-state index < -0.39 is 0 Å². The fourth-order valence-electron chi connectivity index (χ4n) is 2.48. The molecule has 2 rings (SSSR count). The lowest BCUT2D eigenvalue weighted by Gasteiger charge is -2.20. The van der Waals surface area contributed by atoms with Gasteiger partial charge in [-0.2, -0.15) is 0 Å². The largest absolute Gasteiger partial charge is 0.312 e. The molecule has 0 spiro atoms. The van der Waals surface area contributed by atoms with Crippen molar-refractivity contribution in [2.24, 2.45) is 0 Å². The van der Waals surface area contributed by atoms with Crippen LogP contribution in [-0.4, -0.2) is 29.5 Å². The number of hydrogen-bond donors (Lipinski definition) is 1. The number of fused-ring (bicyclic) bond motifs is 1. The Morgan fingerprint density at radius 1 is 1.15 bits per heavy atom. The third kappa shape index (κ3) is 4.33. The molecule has 20 heavy (non-hydrogen) atoms. The third-order valence-corrected chi connectivity index (χ3v) is 4.28. The Labute approximate surface area is 130 Å². The van der Waals surface area contributed by atoms with Gasteiger partial charge >= 0.3 is 4.87 Å². The highest BCUT2D eigenvalue weighted by Gasteiger charge is 2.07. The van der Waals surface area contributed by atoms with Crippen LogP contribution in [0.25, 0.3) is 10.2 Å². The minimum atomic E-state index is 0. The van der Waals surface area contributed by atoms with Gasteiger partial charge in [0.2, 0.25) is 0 Å². The van der Waals surface area contributed by atoms with Crippen molar-refractivity contribution in [1.82, 2.24) is 9.88 Å². The SMILES string of the molecule is CCCN(CCC)CCc1cccc2[nH]c(=O)sc12.Cl. The number of aromatic amines is 1. The number of H-pyrrole nitrogens is 1. The lowest BCUT2D eigenvalue weighted by Crippen LogP contribution is -2.27. The van der Waals surface area contributed by atoms with E-state index in [1.54, 1.807) is 0 Å². The van der Waals surface area contributed by atoms with Gasteiger partial charge in [-0.1, -0.05) is 37.3 Å². The van der Waals surface area contributed by atoms with Gasteiger partial charge in [-0.15, -0.1) is 12.4 Å². The van der Waals surface area contributed by atoms with Crippen molar-refractivity contribution in [2.45, 2.75) is 33.1 Å². The predicted octanol–water partition coefficient (Wildman–Crippen LogP) is 3.68. The molecule has 1 heterocycles. The highest BCUT2D eigenvalue weighted by Crippen LogP contribution is 2.20. The summed E-state index contributed by atoms with van der Waals surface area (Å²) >= 11 is 1.33. The first-order valence-electron chi connectivity index (χ1n) is 7.07. The van der Waals surface area contributed by atoms with Gasteiger partial charge in [0.1, 0.15) is 0 Å². The molecule has 1 aromatic carbocycles. The summed E-state index contributed by atoms with van der Waals surface area (Å²) in [6.45, 7) is 7.84. The van der Waals surface area contributed by atoms with Gasteiger partial charge in [0.05, 0.1) is 10.2 Å². The molecule has 5 heteroatoms. The van der Waals surface area contributed by atoms with E-state index in [-0.39, 0.29) is 17.3 Å². The van der Waals surface area contributed by atoms with Gasteiger partial charge in [-0.05, 0) is 44.0 Å². The Kier molecular flexibility index (Phi) is 7.27. The molecule has 0 aliphatic heterocycles. The number of aromatic nitrogens is 1. The predicted molar refractivity (Wildman–Crippen MR) is 90.4 cm³/mol. The number of rotatable bonds is 7. The summed E-state index contributed by atoms with van der Waals surface area (Å²) < 4.78 is 1.13. The van der Waals surface area contributed by atoms with Crippen LogP contribution in [0.15, 0.2) is 23.0 Å². The maximum absolute atomic E-state index is 11.4. The zero-order chi connectivity index (χ0) is 13.7. The Morgan fingerprint density at radius 3 is 2.50 bits per heavy atom. The summed E-state index contributed by atoms with van der Waals surface area (Å²) in [5.41, 5.74) is 2.27. The molecule has 1 aromatic heterocycles. The number of halogens is 1. The van der Waals surface area contributed by atoms with E-state index in [4.69, 9.17) is 0 Å². The first-order valence-corrected chi connectivity index (χ1v) is 7.89. The molecule has 0 amide bonds. The van der Waals surface area contributed by atoms with Crippen molar-refractivity contribution in [3.05, 3.63) is 33.4 Å². The van der Waals surface area contributed by atoms with Crippen molar-refractivity contribution >= 4 is 34.0 Å². The maximum atomic E-state index is 11.4. The topological polar surface area (TPSA) is 36.1 Å². The van der Waals surface area contributed by atoms with Gasteiger partial charge in [0, 0.05) is 6.54 Å². The van der Waals surface area contributed by atoms with E-state index >= 15 is 0 Å². The minimum Gasteiger partial charge on any atom is -0.312 e. The molecule has 3 nitrogen and oxygen atoms in total. The highest BCUT2D eigenvalue weighted by atomic mass is 35.5. The molecule has 0 unspecified atom stereocenters. The van der Waals surface area contributed by atoms with Gasteiger partial charge in [0.25, 0.3) is 0 Å². The molecule has 112 valence electrons. The Morgan fingerprint density at radius 2 is 1.85 bits per heavy atom. The molecule has 0 radical (unpaired) electrons. The van der Waals surface area contributed by atoms with Crippen molar-refractivity contribution in [3.8, 4) is 0 Å². The summed E-state index contributed by atoms with van der Waals surface area (Å²) in [5, 5.41) is 0. The average molecular weight is 315 g/mol. The molecular weight excluding hydrogens is 292 g/mol. The number of thiazole rings is 1. The summed E-state index contributed by atoms with van der Waals surface area (Å²) in [6.07, 6.45) is 3.41. The van der Waals surface area contributed by atoms with E-state index in [0.717, 1.165) is 36.3 Å². The van der Waals surface area contributed by atoms with Crippen LogP contribution in [0.1, 0.15) is 32.3 Å². The fourth-order valence-corrected chi connectivity index (χ4v) is 3.35. The van der Waals surface area contributed by atoms with Crippen LogP contribution in [0.2, 0.25) is 0 Å². The number of nitrogens with one attached hydrogen (secondary N) is 1. The molecule has 0 bridgehead atoms. The summed E-state index contributed by atoms with van der Waals surface area (Å²) in [4.78, 5) is 16.9. The monoisotopic (exact) mass is 314 g/mol. The molecule has 0 saturated carbocycles. The van der Waals surface area contributed by atoms with E-state index in [1.165, 1.54) is 29.7 Å². The van der Waals surface area contributed by atoms with Crippen LogP contribution < -0.4 is 4.87 Å². The smallest absolute Gasteiger partial charge is 0.305 e. The molecular formula is C15H23ClN2OS. The summed E-state index contributed by atoms with van der Waals surface area (Å²) in [7, 11) is 0. The van der Waals surface area contributed by atoms with E-state index in [9.17, 15) is 4.79 Å². The minimum absolute atomic E-state index is 0. The van der Waals surface area contributed by atoms with E-state index in [2.05, 4.69) is 29.8 Å². The maximum Gasteiger partial charge on any atom is 0.305 e. The molecule has 0 aliphatic carbocycles. The van der Waals surface area contributed by atoms with Gasteiger partial charge < -0.3 is 9.88 Å². The second kappa shape index (κ2) is 8.45. The highest BCUT2D eigenvalue weighted by molar-refractivity contribution is 7.16. The van der Waals surface area contributed by atoms with Crippen LogP contribution in [-0.2, 0) is 6.42 Å². The zero-order valence-corrected chi connectivity index (χ0v) is 13.8. The number of hydrogen-bond acceptors (Lipinski definition) is 3. The van der Waals surface area contributed by atoms with Gasteiger partial charge in [-0.3, -0.25) is 4.79 Å². The van der Waals surface area contributed by atoms with Crippen LogP contribution in [0.4, 0.5) is 0 Å². The molecule has 2 aromatic rings. The zero-order valence-electron chi connectivity index (χ0n) is 12.1. The van der Waals surface area contributed by atoms with Crippen LogP contribution >= 0.6 is 23.7 Å². The Hall–Kier alpha value is -0.840. The normalized spacial score (nSPS) is 10.9. The van der Waals surface area contributed by atoms with Crippen LogP contribution in [0.3, 0.4) is 0 Å². The lowest BCUT2D eigenvalue weighted by atomic mass is 10.1. The van der Waals surface area contributed by atoms with Crippen molar-refractivity contribution < 1.29 is 0 Å². The summed E-state index contributed by atoms with van der Waals surface area (Å²) in [6, 6.07) is 6.15. The summed E-state index contributed by atoms with van der Waals surface area (Å²) in [5.74, 6) is 0. The molecule has 0 aliphatic rings. The third-order valence-electron chi connectivity index (χ3n) is 3.31. The molecule has 0 fully saturated rings. The second-order valence-corrected chi connectivity index (χ2v) is 5.88. The lowest BCUT2D eigenvalue weighted by molar-refractivity contribution is 0.278. The van der Waals surface area contributed by atoms with Gasteiger partial charge in [0.15, 0.2) is 0 Å². The Bertz CT molecular complexity index is 573. The van der Waals surface area contributed by atoms with Gasteiger partial charge in [-0.25, -0.2) is 0 Å². The van der Waals surface area contributed by atoms with E-state index in [0.29, 0.717) is 0 Å². The Balaban J connectivity index is 0.00000200.